The van der Waals surface area contributed by atoms with Crippen LogP contribution in [0.4, 0.5) is 0 Å². The second-order valence-electron chi connectivity index (χ2n) is 2.81. The summed E-state index contributed by atoms with van der Waals surface area (Å²) >= 11 is 1.30. The highest BCUT2D eigenvalue weighted by atomic mass is 32.2. The summed E-state index contributed by atoms with van der Waals surface area (Å²) in [5, 5.41) is 7.09. The van der Waals surface area contributed by atoms with Crippen LogP contribution in [0.25, 0.3) is 0 Å². The molecular weight excluding hydrogens is 240 g/mol. The van der Waals surface area contributed by atoms with E-state index >= 15 is 0 Å². The van der Waals surface area contributed by atoms with Crippen LogP contribution in [0.3, 0.4) is 0 Å². The molecule has 0 saturated heterocycles. The minimum Gasteiger partial charge on any atom is -0.480 e. The van der Waals surface area contributed by atoms with Crippen LogP contribution in [0.5, 0.6) is 0 Å². The fourth-order valence-electron chi connectivity index (χ4n) is 0.759. The molecule has 1 rings (SSSR count). The zero-order valence-electron chi connectivity index (χ0n) is 7.87. The van der Waals surface area contributed by atoms with Crippen LogP contribution in [0, 0.1) is 0 Å². The molecule has 0 bridgehead atoms. The maximum absolute atomic E-state index is 11.4. The minimum atomic E-state index is -3.81. The molecule has 0 saturated carbocycles. The van der Waals surface area contributed by atoms with Gasteiger partial charge in [0.05, 0.1) is 5.51 Å². The molecule has 0 aromatic carbocycles. The first-order chi connectivity index (χ1) is 6.93. The largest absolute Gasteiger partial charge is 0.480 e. The quantitative estimate of drug-likeness (QED) is 0.769. The standard InChI is InChI=1S/C7H10N2O4S2/c1-5(7(10)11)15(12,13)9-3-6-2-8-4-14-6/h2,4-5,9H,3H2,1H3,(H,10,11). The van der Waals surface area contributed by atoms with Crippen LogP contribution in [0.2, 0.25) is 0 Å². The van der Waals surface area contributed by atoms with Gasteiger partial charge in [-0.15, -0.1) is 11.3 Å². The van der Waals surface area contributed by atoms with Crippen LogP contribution in [-0.2, 0) is 21.4 Å². The third-order valence-electron chi connectivity index (χ3n) is 1.74. The van der Waals surface area contributed by atoms with Crippen molar-refractivity contribution in [3.05, 3.63) is 16.6 Å². The molecular formula is C7H10N2O4S2. The second-order valence-corrected chi connectivity index (χ2v) is 5.87. The summed E-state index contributed by atoms with van der Waals surface area (Å²) < 4.78 is 24.9. The predicted octanol–water partition coefficient (Wildman–Crippen LogP) is 0.0356. The van der Waals surface area contributed by atoms with Crippen molar-refractivity contribution >= 4 is 27.3 Å². The first-order valence-corrected chi connectivity index (χ1v) is 6.44. The van der Waals surface area contributed by atoms with E-state index in [1.165, 1.54) is 17.5 Å². The van der Waals surface area contributed by atoms with Crippen molar-refractivity contribution in [1.29, 1.82) is 0 Å². The van der Waals surface area contributed by atoms with E-state index in [0.717, 1.165) is 11.8 Å². The van der Waals surface area contributed by atoms with Crippen LogP contribution >= 0.6 is 11.3 Å². The Morgan fingerprint density at radius 1 is 1.73 bits per heavy atom. The van der Waals surface area contributed by atoms with Crippen molar-refractivity contribution in [2.24, 2.45) is 0 Å². The Balaban J connectivity index is 2.62. The van der Waals surface area contributed by atoms with Gasteiger partial charge in [-0.25, -0.2) is 13.1 Å². The predicted molar refractivity (Wildman–Crippen MR) is 55.0 cm³/mol. The topological polar surface area (TPSA) is 96.4 Å². The van der Waals surface area contributed by atoms with Gasteiger partial charge in [0.15, 0.2) is 5.25 Å². The van der Waals surface area contributed by atoms with E-state index in [4.69, 9.17) is 5.11 Å². The number of rotatable bonds is 5. The Morgan fingerprint density at radius 2 is 2.40 bits per heavy atom. The number of carboxylic acids is 1. The lowest BCUT2D eigenvalue weighted by molar-refractivity contribution is -0.136. The smallest absolute Gasteiger partial charge is 0.323 e. The number of aromatic nitrogens is 1. The van der Waals surface area contributed by atoms with Crippen molar-refractivity contribution in [2.45, 2.75) is 18.7 Å². The van der Waals surface area contributed by atoms with Gasteiger partial charge in [-0.3, -0.25) is 9.78 Å². The number of sulfonamides is 1. The normalized spacial score (nSPS) is 13.7. The van der Waals surface area contributed by atoms with Gasteiger partial charge in [0.25, 0.3) is 0 Å². The number of thiazole rings is 1. The average Bonchev–Trinajstić information content (AvgIpc) is 2.66. The highest BCUT2D eigenvalue weighted by Gasteiger charge is 2.26. The molecule has 1 atom stereocenters. The second kappa shape index (κ2) is 4.69. The summed E-state index contributed by atoms with van der Waals surface area (Å²) in [4.78, 5) is 15.0. The Hall–Kier alpha value is -0.990. The summed E-state index contributed by atoms with van der Waals surface area (Å²) in [6.07, 6.45) is 1.53. The number of aliphatic carboxylic acids is 1. The number of hydrogen-bond donors (Lipinski definition) is 2. The van der Waals surface area contributed by atoms with E-state index < -0.39 is 21.2 Å². The molecule has 0 spiro atoms. The molecule has 84 valence electrons. The van der Waals surface area contributed by atoms with Gasteiger partial charge in [-0.05, 0) is 6.92 Å². The molecule has 2 N–H and O–H groups in total. The fourth-order valence-corrected chi connectivity index (χ4v) is 2.26. The van der Waals surface area contributed by atoms with Crippen LogP contribution in [0.1, 0.15) is 11.8 Å². The van der Waals surface area contributed by atoms with Crippen LogP contribution in [-0.4, -0.2) is 29.7 Å². The number of hydrogen-bond acceptors (Lipinski definition) is 5. The van der Waals surface area contributed by atoms with Gasteiger partial charge in [-0.2, -0.15) is 0 Å². The van der Waals surface area contributed by atoms with Gasteiger partial charge < -0.3 is 5.11 Å². The van der Waals surface area contributed by atoms with Crippen molar-refractivity contribution in [3.8, 4) is 0 Å². The zero-order valence-corrected chi connectivity index (χ0v) is 9.51. The Morgan fingerprint density at radius 3 is 2.87 bits per heavy atom. The maximum atomic E-state index is 11.4. The van der Waals surface area contributed by atoms with Gasteiger partial charge in [0.1, 0.15) is 0 Å². The van der Waals surface area contributed by atoms with Crippen LogP contribution in [0.15, 0.2) is 11.7 Å². The third kappa shape index (κ3) is 3.26. The van der Waals surface area contributed by atoms with Crippen molar-refractivity contribution in [2.75, 3.05) is 0 Å². The molecule has 0 aliphatic heterocycles. The monoisotopic (exact) mass is 250 g/mol. The number of nitrogens with one attached hydrogen (secondary N) is 1. The Kier molecular flexibility index (Phi) is 3.77. The number of carboxylic acid groups (broad SMARTS) is 1. The summed E-state index contributed by atoms with van der Waals surface area (Å²) in [6, 6.07) is 0. The molecule has 1 heterocycles. The van der Waals surface area contributed by atoms with Gasteiger partial charge in [0.2, 0.25) is 10.0 Å². The lowest BCUT2D eigenvalue weighted by atomic mass is 10.5. The molecule has 1 aromatic rings. The molecule has 1 aromatic heterocycles. The molecule has 0 amide bonds. The van der Waals surface area contributed by atoms with E-state index in [1.807, 2.05) is 0 Å². The summed E-state index contributed by atoms with van der Waals surface area (Å²) in [7, 11) is -3.81. The lowest BCUT2D eigenvalue weighted by Crippen LogP contribution is -2.36. The van der Waals surface area contributed by atoms with Crippen molar-refractivity contribution in [3.63, 3.8) is 0 Å². The van der Waals surface area contributed by atoms with E-state index in [9.17, 15) is 13.2 Å². The van der Waals surface area contributed by atoms with E-state index in [-0.39, 0.29) is 6.54 Å². The average molecular weight is 250 g/mol. The molecule has 8 heteroatoms. The first-order valence-electron chi connectivity index (χ1n) is 4.02. The minimum absolute atomic E-state index is 0.0740. The zero-order chi connectivity index (χ0) is 11.5. The summed E-state index contributed by atoms with van der Waals surface area (Å²) in [5.41, 5.74) is 1.57. The maximum Gasteiger partial charge on any atom is 0.323 e. The Labute approximate surface area is 91.0 Å². The molecule has 0 aliphatic carbocycles. The van der Waals surface area contributed by atoms with Crippen LogP contribution < -0.4 is 4.72 Å². The lowest BCUT2D eigenvalue weighted by Gasteiger charge is -2.08. The first kappa shape index (κ1) is 12.1. The third-order valence-corrected chi connectivity index (χ3v) is 4.20. The summed E-state index contributed by atoms with van der Waals surface area (Å²) in [6.45, 7) is 1.20. The van der Waals surface area contributed by atoms with Gasteiger partial charge in [-0.1, -0.05) is 0 Å². The Bertz CT molecular complexity index is 426. The van der Waals surface area contributed by atoms with E-state index in [0.29, 0.717) is 0 Å². The molecule has 0 radical (unpaired) electrons. The molecule has 0 fully saturated rings. The SMILES string of the molecule is CC(C(=O)O)S(=O)(=O)NCc1cncs1. The molecule has 6 nitrogen and oxygen atoms in total. The van der Waals surface area contributed by atoms with Gasteiger partial charge >= 0.3 is 5.97 Å². The summed E-state index contributed by atoms with van der Waals surface area (Å²) in [5.74, 6) is -1.37. The molecule has 0 aliphatic rings. The molecule has 15 heavy (non-hydrogen) atoms. The van der Waals surface area contributed by atoms with Crippen molar-refractivity contribution in [1.82, 2.24) is 9.71 Å². The fraction of sp³-hybridized carbons (Fsp3) is 0.429. The number of nitrogens with zero attached hydrogens (tertiary/aromatic N) is 1. The number of carbonyl (C=O) groups is 1. The van der Waals surface area contributed by atoms with E-state index in [1.54, 1.807) is 5.51 Å². The highest BCUT2D eigenvalue weighted by molar-refractivity contribution is 7.90. The highest BCUT2D eigenvalue weighted by Crippen LogP contribution is 2.06. The van der Waals surface area contributed by atoms with Gasteiger partial charge in [0, 0.05) is 17.6 Å². The molecule has 1 unspecified atom stereocenters. The van der Waals surface area contributed by atoms with Crippen molar-refractivity contribution < 1.29 is 18.3 Å². The van der Waals surface area contributed by atoms with E-state index in [2.05, 4.69) is 9.71 Å².